The van der Waals surface area contributed by atoms with E-state index in [1.165, 1.54) is 116 Å². The maximum atomic E-state index is 2.60. The smallest absolute Gasteiger partial charge is 0.0000245 e. The summed E-state index contributed by atoms with van der Waals surface area (Å²) in [5.41, 5.74) is 0. The van der Waals surface area contributed by atoms with Gasteiger partial charge in [-0.2, -0.15) is 10.0 Å². The summed E-state index contributed by atoms with van der Waals surface area (Å²) in [6, 6.07) is 24.5. The Balaban J connectivity index is 1.63. The predicted molar refractivity (Wildman–Crippen MR) is 162 cm³/mol. The maximum Gasteiger partial charge on any atom is 0.0000245 e. The minimum absolute atomic E-state index is 0.871. The molecule has 1 aliphatic heterocycles. The lowest BCUT2D eigenvalue weighted by Crippen LogP contribution is -2.36. The molecule has 3 saturated carbocycles. The van der Waals surface area contributed by atoms with Crippen LogP contribution in [-0.2, 0) is 0 Å². The topological polar surface area (TPSA) is 0 Å². The molecule has 4 fully saturated rings. The molecule has 6 atom stereocenters. The van der Waals surface area contributed by atoms with Gasteiger partial charge in [-0.3, -0.25) is 0 Å². The summed E-state index contributed by atoms with van der Waals surface area (Å²) in [4.78, 5) is 3.50. The van der Waals surface area contributed by atoms with Gasteiger partial charge in [0.15, 0.2) is 0 Å². The Bertz CT molecular complexity index is 912. The molecule has 3 aliphatic carbocycles. The van der Waals surface area contributed by atoms with Crippen molar-refractivity contribution in [2.45, 2.75) is 136 Å². The zero-order valence-corrected chi connectivity index (χ0v) is 24.2. The summed E-state index contributed by atoms with van der Waals surface area (Å²) >= 11 is 0. The van der Waals surface area contributed by atoms with Crippen LogP contribution in [0, 0.1) is 23.7 Å². The highest BCUT2D eigenvalue weighted by Gasteiger charge is 2.55. The molecule has 2 aromatic carbocycles. The average molecular weight is 517 g/mol. The Morgan fingerprint density at radius 1 is 0.351 bits per heavy atom. The molecule has 0 N–H and O–H groups in total. The van der Waals surface area contributed by atoms with Gasteiger partial charge < -0.3 is 0 Å². The molecule has 0 spiro atoms. The van der Waals surface area contributed by atoms with Gasteiger partial charge >= 0.3 is 0 Å². The molecule has 6 unspecified atom stereocenters. The van der Waals surface area contributed by atoms with Crippen molar-refractivity contribution in [1.82, 2.24) is 0 Å². The largest absolute Gasteiger partial charge is 0.181 e. The fourth-order valence-corrected chi connectivity index (χ4v) is 16.0. The Labute approximate surface area is 229 Å². The lowest BCUT2D eigenvalue weighted by molar-refractivity contribution is 0.116. The van der Waals surface area contributed by atoms with Crippen molar-refractivity contribution < 1.29 is 0 Å². The van der Waals surface area contributed by atoms with Crippen molar-refractivity contribution >= 4 is 10.0 Å². The van der Waals surface area contributed by atoms with Crippen molar-refractivity contribution in [1.29, 1.82) is 0 Å². The van der Waals surface area contributed by atoms with Crippen LogP contribution < -0.4 is 0 Å². The molecule has 6 rings (SSSR count). The Kier molecular flexibility index (Phi) is 8.67. The van der Waals surface area contributed by atoms with E-state index in [9.17, 15) is 0 Å². The van der Waals surface area contributed by atoms with E-state index in [4.69, 9.17) is 0 Å². The van der Waals surface area contributed by atoms with Gasteiger partial charge in [0, 0.05) is 10.5 Å². The van der Waals surface area contributed by atoms with E-state index in [0.29, 0.717) is 0 Å². The van der Waals surface area contributed by atoms with E-state index >= 15 is 0 Å². The van der Waals surface area contributed by atoms with Crippen LogP contribution in [0.5, 0.6) is 0 Å². The van der Waals surface area contributed by atoms with Gasteiger partial charge in [0.2, 0.25) is 0 Å². The molecule has 202 valence electrons. The normalized spacial score (nSPS) is 35.8. The molecule has 0 radical (unpaired) electrons. The lowest BCUT2D eigenvalue weighted by atomic mass is 9.65. The fourth-order valence-electron chi connectivity index (χ4n) is 9.82. The number of hydrogen-bond acceptors (Lipinski definition) is 0. The van der Waals surface area contributed by atoms with Crippen LogP contribution in [0.2, 0.25) is 0 Å². The molecule has 1 heterocycles. The first-order valence-corrected chi connectivity index (χ1v) is 18.1. The molecule has 0 nitrogen and oxygen atoms in total. The van der Waals surface area contributed by atoms with Crippen molar-refractivity contribution in [3.8, 4) is 0 Å². The first kappa shape index (κ1) is 26.0. The molecule has 0 bridgehead atoms. The summed E-state index contributed by atoms with van der Waals surface area (Å²) in [5.74, 6) is 3.84. The summed E-state index contributed by atoms with van der Waals surface area (Å²) < 4.78 is 0. The van der Waals surface area contributed by atoms with E-state index < -0.39 is 10.0 Å². The molecule has 0 amide bonds. The molecular formula is C36H52S. The predicted octanol–water partition coefficient (Wildman–Crippen LogP) is 11.2. The van der Waals surface area contributed by atoms with E-state index in [2.05, 4.69) is 60.7 Å². The third-order valence-electron chi connectivity index (χ3n) is 11.2. The van der Waals surface area contributed by atoms with Crippen molar-refractivity contribution in [2.75, 3.05) is 0 Å². The third kappa shape index (κ3) is 5.08. The Morgan fingerprint density at radius 3 is 1.11 bits per heavy atom. The molecule has 0 aromatic heterocycles. The van der Waals surface area contributed by atoms with Crippen molar-refractivity contribution in [3.05, 3.63) is 60.7 Å². The minimum Gasteiger partial charge on any atom is -0.181 e. The average Bonchev–Trinajstić information content (AvgIpc) is 3.14. The molecule has 37 heavy (non-hydrogen) atoms. The van der Waals surface area contributed by atoms with Crippen molar-refractivity contribution in [2.24, 2.45) is 23.7 Å². The molecule has 1 saturated heterocycles. The Hall–Kier alpha value is -1.21. The van der Waals surface area contributed by atoms with Crippen LogP contribution in [0.1, 0.15) is 116 Å². The lowest BCUT2D eigenvalue weighted by Gasteiger charge is -2.56. The van der Waals surface area contributed by atoms with Gasteiger partial charge in [-0.1, -0.05) is 113 Å². The van der Waals surface area contributed by atoms with Crippen molar-refractivity contribution in [3.63, 3.8) is 0 Å². The number of fused-ring (bicyclic) bond motifs is 5. The first-order valence-electron chi connectivity index (χ1n) is 16.3. The van der Waals surface area contributed by atoms with Gasteiger partial charge in [-0.15, -0.1) is 0 Å². The molecule has 4 aliphatic rings. The van der Waals surface area contributed by atoms with E-state index in [0.717, 1.165) is 34.2 Å². The molecule has 2 aromatic rings. The Morgan fingerprint density at radius 2 is 0.676 bits per heavy atom. The van der Waals surface area contributed by atoms with Gasteiger partial charge in [0.05, 0.1) is 0 Å². The second-order valence-corrected chi connectivity index (χ2v) is 16.6. The summed E-state index contributed by atoms with van der Waals surface area (Å²) in [7, 11) is -1.15. The summed E-state index contributed by atoms with van der Waals surface area (Å²) in [6.07, 6.45) is 26.8. The van der Waals surface area contributed by atoms with Gasteiger partial charge in [-0.25, -0.2) is 0 Å². The monoisotopic (exact) mass is 516 g/mol. The quantitative estimate of drug-likeness (QED) is 0.372. The minimum atomic E-state index is -1.15. The zero-order valence-electron chi connectivity index (χ0n) is 23.4. The standard InChI is InChI=1S/C36H52S/c1-2-15-25-33-31-23-13-4-5-14-24-32(31)34-26-16-8-18-28-36(34)37(35(33)27-17-3-1,29-19-9-6-10-20-29)30-21-11-7-12-22-30/h6-7,9-12,19-22,31-36H,1-5,8,13-18,23-28H2. The maximum absolute atomic E-state index is 2.60. The van der Waals surface area contributed by atoms with Crippen LogP contribution in [-0.4, -0.2) is 10.5 Å². The van der Waals surface area contributed by atoms with Crippen LogP contribution in [0.3, 0.4) is 0 Å². The van der Waals surface area contributed by atoms with E-state index in [1.807, 2.05) is 0 Å². The molecular weight excluding hydrogens is 464 g/mol. The first-order chi connectivity index (χ1) is 18.4. The van der Waals surface area contributed by atoms with E-state index in [1.54, 1.807) is 9.79 Å². The SMILES string of the molecule is c1ccc(S2(c3ccccc3)C3CCCCCCCC3C3CCCCCCC3C3CCCCCC32)cc1. The van der Waals surface area contributed by atoms with Crippen LogP contribution in [0.25, 0.3) is 0 Å². The highest BCUT2D eigenvalue weighted by molar-refractivity contribution is 8.34. The van der Waals surface area contributed by atoms with Gasteiger partial charge in [0.25, 0.3) is 0 Å². The summed E-state index contributed by atoms with van der Waals surface area (Å²) in [6.45, 7) is 0. The van der Waals surface area contributed by atoms with Crippen LogP contribution in [0.15, 0.2) is 70.5 Å². The van der Waals surface area contributed by atoms with Gasteiger partial charge in [0.1, 0.15) is 0 Å². The third-order valence-corrected chi connectivity index (χ3v) is 16.4. The molecule has 1 heteroatoms. The number of hydrogen-bond donors (Lipinski definition) is 0. The van der Waals surface area contributed by atoms with Gasteiger partial charge in [-0.05, 0) is 96.3 Å². The van der Waals surface area contributed by atoms with E-state index in [-0.39, 0.29) is 0 Å². The van der Waals surface area contributed by atoms with Crippen LogP contribution in [0.4, 0.5) is 0 Å². The second kappa shape index (κ2) is 12.3. The van der Waals surface area contributed by atoms with Crippen LogP contribution >= 0.6 is 10.0 Å². The zero-order chi connectivity index (χ0) is 24.9. The highest BCUT2D eigenvalue weighted by Crippen LogP contribution is 2.77. The second-order valence-electron chi connectivity index (χ2n) is 13.0. The highest BCUT2D eigenvalue weighted by atomic mass is 32.3. The summed E-state index contributed by atoms with van der Waals surface area (Å²) in [5, 5.41) is 1.75. The fraction of sp³-hybridized carbons (Fsp3) is 0.667. The number of benzene rings is 2. The number of rotatable bonds is 2.